The molecule has 0 radical (unpaired) electrons. The summed E-state index contributed by atoms with van der Waals surface area (Å²) in [6.07, 6.45) is 0.746. The van der Waals surface area contributed by atoms with Crippen molar-refractivity contribution in [1.82, 2.24) is 0 Å². The molecule has 0 bridgehead atoms. The van der Waals surface area contributed by atoms with E-state index in [9.17, 15) is 9.59 Å². The summed E-state index contributed by atoms with van der Waals surface area (Å²) in [4.78, 5) is 22.9. The summed E-state index contributed by atoms with van der Waals surface area (Å²) in [6.45, 7) is 11.1. The van der Waals surface area contributed by atoms with Crippen LogP contribution in [0.5, 0.6) is 0 Å². The molecule has 0 aromatic rings. The Morgan fingerprint density at radius 1 is 1.13 bits per heavy atom. The lowest BCUT2D eigenvalue weighted by atomic mass is 9.96. The zero-order valence-electron chi connectivity index (χ0n) is 10.6. The van der Waals surface area contributed by atoms with Crippen LogP contribution in [0.4, 0.5) is 0 Å². The Labute approximate surface area is 92.2 Å². The quantitative estimate of drug-likeness (QED) is 0.536. The molecular formula is C12H22O3. The predicted octanol–water partition coefficient (Wildman–Crippen LogP) is 2.78. The molecule has 0 N–H and O–H groups in total. The Bertz CT molecular complexity index is 236. The van der Waals surface area contributed by atoms with Gasteiger partial charge in [-0.05, 0) is 33.1 Å². The third-order valence-electron chi connectivity index (χ3n) is 2.03. The van der Waals surface area contributed by atoms with E-state index in [1.165, 1.54) is 0 Å². The molecule has 88 valence electrons. The minimum Gasteiger partial charge on any atom is -0.393 e. The van der Waals surface area contributed by atoms with E-state index >= 15 is 0 Å². The molecule has 0 rings (SSSR count). The van der Waals surface area contributed by atoms with E-state index in [2.05, 4.69) is 0 Å². The maximum atomic E-state index is 11.5. The average Bonchev–Trinajstić information content (AvgIpc) is 2.00. The van der Waals surface area contributed by atoms with Crippen molar-refractivity contribution in [2.24, 2.45) is 17.3 Å². The van der Waals surface area contributed by atoms with Crippen LogP contribution in [0.2, 0.25) is 0 Å². The Kier molecular flexibility index (Phi) is 4.98. The first-order valence-electron chi connectivity index (χ1n) is 5.40. The summed E-state index contributed by atoms with van der Waals surface area (Å²) >= 11 is 0. The lowest BCUT2D eigenvalue weighted by Gasteiger charge is -2.18. The SMILES string of the molecule is CC(C)C[C@H](C)C(=O)OC(=O)C(C)(C)C. The molecule has 0 amide bonds. The molecule has 0 aromatic heterocycles. The minimum atomic E-state index is -0.618. The van der Waals surface area contributed by atoms with Gasteiger partial charge in [0.05, 0.1) is 11.3 Å². The number of carbonyl (C=O) groups excluding carboxylic acids is 2. The third kappa shape index (κ3) is 5.55. The number of hydrogen-bond acceptors (Lipinski definition) is 3. The Balaban J connectivity index is 4.20. The van der Waals surface area contributed by atoms with E-state index in [0.717, 1.165) is 6.42 Å². The van der Waals surface area contributed by atoms with Crippen LogP contribution < -0.4 is 0 Å². The first-order valence-corrected chi connectivity index (χ1v) is 5.40. The molecule has 0 heterocycles. The molecule has 0 saturated heterocycles. The lowest BCUT2D eigenvalue weighted by Crippen LogP contribution is -2.28. The zero-order valence-corrected chi connectivity index (χ0v) is 10.6. The van der Waals surface area contributed by atoms with Crippen molar-refractivity contribution in [1.29, 1.82) is 0 Å². The van der Waals surface area contributed by atoms with Gasteiger partial charge in [-0.3, -0.25) is 9.59 Å². The van der Waals surface area contributed by atoms with Crippen LogP contribution in [0.3, 0.4) is 0 Å². The highest BCUT2D eigenvalue weighted by Crippen LogP contribution is 2.18. The second-order valence-electron chi connectivity index (χ2n) is 5.49. The number of ether oxygens (including phenoxy) is 1. The van der Waals surface area contributed by atoms with Crippen molar-refractivity contribution < 1.29 is 14.3 Å². The van der Waals surface area contributed by atoms with Gasteiger partial charge in [0.1, 0.15) is 0 Å². The van der Waals surface area contributed by atoms with E-state index < -0.39 is 17.4 Å². The van der Waals surface area contributed by atoms with Crippen LogP contribution >= 0.6 is 0 Å². The number of hydrogen-bond donors (Lipinski definition) is 0. The second kappa shape index (κ2) is 5.29. The molecule has 0 aliphatic heterocycles. The van der Waals surface area contributed by atoms with E-state index in [0.29, 0.717) is 5.92 Å². The van der Waals surface area contributed by atoms with E-state index in [1.807, 2.05) is 13.8 Å². The first kappa shape index (κ1) is 14.1. The van der Waals surface area contributed by atoms with Crippen molar-refractivity contribution >= 4 is 11.9 Å². The molecule has 0 aliphatic rings. The van der Waals surface area contributed by atoms with Crippen molar-refractivity contribution in [3.8, 4) is 0 Å². The normalized spacial score (nSPS) is 13.8. The summed E-state index contributed by atoms with van der Waals surface area (Å²) in [5.74, 6) is -0.652. The molecular weight excluding hydrogens is 192 g/mol. The van der Waals surface area contributed by atoms with E-state index in [4.69, 9.17) is 4.74 Å². The molecule has 0 fully saturated rings. The van der Waals surface area contributed by atoms with Crippen LogP contribution in [-0.2, 0) is 14.3 Å². The average molecular weight is 214 g/mol. The monoisotopic (exact) mass is 214 g/mol. The fraction of sp³-hybridized carbons (Fsp3) is 0.833. The maximum absolute atomic E-state index is 11.5. The Morgan fingerprint density at radius 3 is 1.93 bits per heavy atom. The van der Waals surface area contributed by atoms with Gasteiger partial charge in [0, 0.05) is 0 Å². The van der Waals surface area contributed by atoms with Crippen LogP contribution in [0.1, 0.15) is 48.0 Å². The van der Waals surface area contributed by atoms with Gasteiger partial charge >= 0.3 is 11.9 Å². The number of esters is 2. The van der Waals surface area contributed by atoms with Gasteiger partial charge in [-0.1, -0.05) is 20.8 Å². The van der Waals surface area contributed by atoms with Gasteiger partial charge in [0.2, 0.25) is 0 Å². The third-order valence-corrected chi connectivity index (χ3v) is 2.03. The first-order chi connectivity index (χ1) is 6.64. The molecule has 0 unspecified atom stereocenters. The van der Waals surface area contributed by atoms with Crippen LogP contribution in [0.15, 0.2) is 0 Å². The molecule has 0 spiro atoms. The minimum absolute atomic E-state index is 0.212. The highest BCUT2D eigenvalue weighted by atomic mass is 16.6. The predicted molar refractivity (Wildman–Crippen MR) is 59.2 cm³/mol. The van der Waals surface area contributed by atoms with Crippen molar-refractivity contribution in [2.45, 2.75) is 48.0 Å². The van der Waals surface area contributed by atoms with Gasteiger partial charge in [-0.15, -0.1) is 0 Å². The molecule has 1 atom stereocenters. The summed E-state index contributed by atoms with van der Waals surface area (Å²) in [5.41, 5.74) is -0.618. The molecule has 15 heavy (non-hydrogen) atoms. The lowest BCUT2D eigenvalue weighted by molar-refractivity contribution is -0.168. The highest BCUT2D eigenvalue weighted by Gasteiger charge is 2.27. The summed E-state index contributed by atoms with van der Waals surface area (Å²) < 4.78 is 4.80. The molecule has 0 saturated carbocycles. The summed E-state index contributed by atoms with van der Waals surface area (Å²) in [5, 5.41) is 0. The molecule has 3 nitrogen and oxygen atoms in total. The van der Waals surface area contributed by atoms with Crippen LogP contribution in [0.25, 0.3) is 0 Å². The number of rotatable bonds is 3. The molecule has 3 heteroatoms. The van der Waals surface area contributed by atoms with Gasteiger partial charge in [0.25, 0.3) is 0 Å². The Morgan fingerprint density at radius 2 is 1.60 bits per heavy atom. The number of carbonyl (C=O) groups is 2. The van der Waals surface area contributed by atoms with E-state index in [1.54, 1.807) is 27.7 Å². The smallest absolute Gasteiger partial charge is 0.318 e. The van der Waals surface area contributed by atoms with Crippen LogP contribution in [-0.4, -0.2) is 11.9 Å². The van der Waals surface area contributed by atoms with Crippen molar-refractivity contribution in [2.75, 3.05) is 0 Å². The molecule has 0 aliphatic carbocycles. The molecule has 0 aromatic carbocycles. The second-order valence-corrected chi connectivity index (χ2v) is 5.49. The Hall–Kier alpha value is -0.860. The standard InChI is InChI=1S/C12H22O3/c1-8(2)7-9(3)10(13)15-11(14)12(4,5)6/h8-9H,7H2,1-6H3/t9-/m0/s1. The summed E-state index contributed by atoms with van der Waals surface area (Å²) in [7, 11) is 0. The fourth-order valence-electron chi connectivity index (χ4n) is 1.15. The van der Waals surface area contributed by atoms with Gasteiger partial charge in [-0.25, -0.2) is 0 Å². The maximum Gasteiger partial charge on any atom is 0.318 e. The van der Waals surface area contributed by atoms with Gasteiger partial charge in [-0.2, -0.15) is 0 Å². The van der Waals surface area contributed by atoms with Crippen molar-refractivity contribution in [3.63, 3.8) is 0 Å². The summed E-state index contributed by atoms with van der Waals surface area (Å²) in [6, 6.07) is 0. The van der Waals surface area contributed by atoms with Crippen molar-refractivity contribution in [3.05, 3.63) is 0 Å². The van der Waals surface area contributed by atoms with Crippen LogP contribution in [0, 0.1) is 17.3 Å². The highest BCUT2D eigenvalue weighted by molar-refractivity contribution is 5.89. The van der Waals surface area contributed by atoms with Gasteiger partial charge < -0.3 is 4.74 Å². The van der Waals surface area contributed by atoms with Gasteiger partial charge in [0.15, 0.2) is 0 Å². The topological polar surface area (TPSA) is 43.4 Å². The fourth-order valence-corrected chi connectivity index (χ4v) is 1.15. The van der Waals surface area contributed by atoms with E-state index in [-0.39, 0.29) is 5.92 Å². The largest absolute Gasteiger partial charge is 0.393 e. The zero-order chi connectivity index (χ0) is 12.2.